The first-order valence-electron chi connectivity index (χ1n) is 3.30. The van der Waals surface area contributed by atoms with Crippen molar-refractivity contribution in [2.24, 2.45) is 0 Å². The Bertz CT molecular complexity index is 348. The Balaban J connectivity index is 3.23. The highest BCUT2D eigenvalue weighted by molar-refractivity contribution is 6.44. The van der Waals surface area contributed by atoms with Crippen molar-refractivity contribution in [1.29, 1.82) is 0 Å². The van der Waals surface area contributed by atoms with Gasteiger partial charge >= 0.3 is 0 Å². The van der Waals surface area contributed by atoms with Crippen LogP contribution in [0.2, 0.25) is 15.1 Å². The topological polar surface area (TPSA) is 17.1 Å². The number of alkyl halides is 1. The second-order valence-corrected chi connectivity index (χ2v) is 3.79. The first kappa shape index (κ1) is 11.1. The SMILES string of the molecule is O=C(CCl)c1cc(Cl)c(Cl)cc1Cl. The molecule has 13 heavy (non-hydrogen) atoms. The molecule has 0 radical (unpaired) electrons. The van der Waals surface area contributed by atoms with E-state index in [1.165, 1.54) is 12.1 Å². The molecule has 0 fully saturated rings. The van der Waals surface area contributed by atoms with E-state index in [4.69, 9.17) is 46.4 Å². The van der Waals surface area contributed by atoms with Gasteiger partial charge in [-0.25, -0.2) is 0 Å². The van der Waals surface area contributed by atoms with E-state index in [9.17, 15) is 4.79 Å². The average molecular weight is 258 g/mol. The van der Waals surface area contributed by atoms with E-state index < -0.39 is 0 Å². The molecule has 0 atom stereocenters. The van der Waals surface area contributed by atoms with E-state index >= 15 is 0 Å². The Morgan fingerprint density at radius 2 is 1.62 bits per heavy atom. The van der Waals surface area contributed by atoms with Crippen molar-refractivity contribution in [2.45, 2.75) is 0 Å². The zero-order valence-electron chi connectivity index (χ0n) is 6.28. The maximum atomic E-state index is 11.2. The van der Waals surface area contributed by atoms with Gasteiger partial charge in [-0.05, 0) is 12.1 Å². The van der Waals surface area contributed by atoms with Crippen molar-refractivity contribution < 1.29 is 4.79 Å². The van der Waals surface area contributed by atoms with Crippen LogP contribution in [0.3, 0.4) is 0 Å². The highest BCUT2D eigenvalue weighted by atomic mass is 35.5. The van der Waals surface area contributed by atoms with Gasteiger partial charge in [-0.3, -0.25) is 4.79 Å². The van der Waals surface area contributed by atoms with E-state index in [-0.39, 0.29) is 16.7 Å². The number of hydrogen-bond donors (Lipinski definition) is 0. The van der Waals surface area contributed by atoms with Crippen LogP contribution in [0.5, 0.6) is 0 Å². The number of halogens is 4. The predicted octanol–water partition coefficient (Wildman–Crippen LogP) is 4.07. The summed E-state index contributed by atoms with van der Waals surface area (Å²) in [7, 11) is 0. The normalized spacial score (nSPS) is 10.2. The third kappa shape index (κ3) is 2.50. The Morgan fingerprint density at radius 3 is 2.15 bits per heavy atom. The van der Waals surface area contributed by atoms with Crippen LogP contribution >= 0.6 is 46.4 Å². The number of rotatable bonds is 2. The Kier molecular flexibility index (Phi) is 3.87. The lowest BCUT2D eigenvalue weighted by molar-refractivity contribution is 0.102. The van der Waals surface area contributed by atoms with E-state index in [1.54, 1.807) is 0 Å². The van der Waals surface area contributed by atoms with Gasteiger partial charge in [-0.1, -0.05) is 34.8 Å². The molecule has 0 bridgehead atoms. The molecule has 0 aliphatic heterocycles. The minimum Gasteiger partial charge on any atom is -0.293 e. The van der Waals surface area contributed by atoms with Crippen LogP contribution in [0, 0.1) is 0 Å². The first-order chi connectivity index (χ1) is 6.06. The van der Waals surface area contributed by atoms with Crippen molar-refractivity contribution in [3.05, 3.63) is 32.8 Å². The smallest absolute Gasteiger partial charge is 0.179 e. The molecule has 0 unspecified atom stereocenters. The molecule has 0 aromatic heterocycles. The van der Waals surface area contributed by atoms with Gasteiger partial charge in [0.2, 0.25) is 0 Å². The van der Waals surface area contributed by atoms with E-state index in [2.05, 4.69) is 0 Å². The minimum absolute atomic E-state index is 0.127. The molecule has 0 amide bonds. The fraction of sp³-hybridized carbons (Fsp3) is 0.125. The summed E-state index contributed by atoms with van der Waals surface area (Å²) >= 11 is 22.5. The molecular weight excluding hydrogens is 254 g/mol. The first-order valence-corrected chi connectivity index (χ1v) is 4.97. The van der Waals surface area contributed by atoms with E-state index in [1.807, 2.05) is 0 Å². The Morgan fingerprint density at radius 1 is 1.08 bits per heavy atom. The molecule has 5 heteroatoms. The third-order valence-corrected chi connectivity index (χ3v) is 2.71. The van der Waals surface area contributed by atoms with Crippen LogP contribution in [0.25, 0.3) is 0 Å². The number of Topliss-reactive ketones (excluding diaryl/α,β-unsaturated/α-hetero) is 1. The second kappa shape index (κ2) is 4.52. The van der Waals surface area contributed by atoms with Crippen LogP contribution < -0.4 is 0 Å². The van der Waals surface area contributed by atoms with E-state index in [0.717, 1.165) is 0 Å². The highest BCUT2D eigenvalue weighted by Gasteiger charge is 2.11. The van der Waals surface area contributed by atoms with Crippen LogP contribution in [0.4, 0.5) is 0 Å². The average Bonchev–Trinajstić information content (AvgIpc) is 2.10. The van der Waals surface area contributed by atoms with Crippen LogP contribution in [0.1, 0.15) is 10.4 Å². The number of ketones is 1. The summed E-state index contributed by atoms with van der Waals surface area (Å²) in [4.78, 5) is 11.2. The third-order valence-electron chi connectivity index (χ3n) is 1.43. The quantitative estimate of drug-likeness (QED) is 0.444. The zero-order chi connectivity index (χ0) is 10.0. The molecular formula is C8H4Cl4O. The molecule has 0 aliphatic carbocycles. The summed E-state index contributed by atoms with van der Waals surface area (Å²) in [6.45, 7) is 0. The molecule has 0 aliphatic rings. The lowest BCUT2D eigenvalue weighted by Crippen LogP contribution is -2.01. The molecule has 0 spiro atoms. The molecule has 0 heterocycles. The largest absolute Gasteiger partial charge is 0.293 e. The van der Waals surface area contributed by atoms with Crippen molar-refractivity contribution in [3.8, 4) is 0 Å². The van der Waals surface area contributed by atoms with Crippen LogP contribution in [-0.2, 0) is 0 Å². The lowest BCUT2D eigenvalue weighted by atomic mass is 10.1. The number of carbonyl (C=O) groups excluding carboxylic acids is 1. The Labute approximate surface area is 95.5 Å². The zero-order valence-corrected chi connectivity index (χ0v) is 9.31. The maximum Gasteiger partial charge on any atom is 0.179 e. The summed E-state index contributed by atoms with van der Waals surface area (Å²) in [5, 5.41) is 0.873. The summed E-state index contributed by atoms with van der Waals surface area (Å²) in [6.07, 6.45) is 0. The van der Waals surface area contributed by atoms with Crippen molar-refractivity contribution in [1.82, 2.24) is 0 Å². The van der Waals surface area contributed by atoms with E-state index in [0.29, 0.717) is 15.6 Å². The minimum atomic E-state index is -0.273. The fourth-order valence-corrected chi connectivity index (χ4v) is 1.60. The van der Waals surface area contributed by atoms with Crippen molar-refractivity contribution in [3.63, 3.8) is 0 Å². The number of carbonyl (C=O) groups is 1. The van der Waals surface area contributed by atoms with Gasteiger partial charge in [0.05, 0.1) is 20.9 Å². The molecule has 70 valence electrons. The van der Waals surface area contributed by atoms with Crippen molar-refractivity contribution >= 4 is 52.2 Å². The molecule has 0 saturated heterocycles. The summed E-state index contributed by atoms with van der Waals surface area (Å²) in [6, 6.07) is 2.84. The lowest BCUT2D eigenvalue weighted by Gasteiger charge is -2.02. The van der Waals surface area contributed by atoms with Gasteiger partial charge in [0.25, 0.3) is 0 Å². The van der Waals surface area contributed by atoms with Crippen LogP contribution in [-0.4, -0.2) is 11.7 Å². The van der Waals surface area contributed by atoms with Gasteiger partial charge < -0.3 is 0 Å². The molecule has 0 N–H and O–H groups in total. The molecule has 0 saturated carbocycles. The standard InChI is InChI=1S/C8H4Cl4O/c9-3-8(13)4-1-6(11)7(12)2-5(4)10/h1-2H,3H2. The number of hydrogen-bond acceptors (Lipinski definition) is 1. The maximum absolute atomic E-state index is 11.2. The molecule has 1 aromatic carbocycles. The molecule has 1 nitrogen and oxygen atoms in total. The molecule has 1 rings (SSSR count). The van der Waals surface area contributed by atoms with Gasteiger partial charge in [0.1, 0.15) is 0 Å². The second-order valence-electron chi connectivity index (χ2n) is 2.30. The molecule has 1 aromatic rings. The highest BCUT2D eigenvalue weighted by Crippen LogP contribution is 2.29. The summed E-state index contributed by atoms with van der Waals surface area (Å²) < 4.78 is 0. The monoisotopic (exact) mass is 256 g/mol. The summed E-state index contributed by atoms with van der Waals surface area (Å²) in [5.74, 6) is -0.400. The fourth-order valence-electron chi connectivity index (χ4n) is 0.808. The van der Waals surface area contributed by atoms with Crippen LogP contribution in [0.15, 0.2) is 12.1 Å². The van der Waals surface area contributed by atoms with Gasteiger partial charge in [0, 0.05) is 5.56 Å². The summed E-state index contributed by atoms with van der Waals surface area (Å²) in [5.41, 5.74) is 0.297. The number of benzene rings is 1. The van der Waals surface area contributed by atoms with Gasteiger partial charge in [0.15, 0.2) is 5.78 Å². The Hall–Kier alpha value is 0.0500. The van der Waals surface area contributed by atoms with Crippen molar-refractivity contribution in [2.75, 3.05) is 5.88 Å². The van der Waals surface area contributed by atoms with Gasteiger partial charge in [-0.15, -0.1) is 11.6 Å². The predicted molar refractivity (Wildman–Crippen MR) is 56.5 cm³/mol. The van der Waals surface area contributed by atoms with Gasteiger partial charge in [-0.2, -0.15) is 0 Å².